The maximum Gasteiger partial charge on any atom is 0.491 e. The van der Waals surface area contributed by atoms with Crippen LogP contribution in [0.5, 0.6) is 11.5 Å². The van der Waals surface area contributed by atoms with Crippen molar-refractivity contribution in [2.24, 2.45) is 14.1 Å². The molecule has 4 N–H and O–H groups in total. The molecule has 4 bridgehead atoms. The fraction of sp³-hybridized carbons (Fsp3) is 0.227. The minimum atomic E-state index is -1.40. The van der Waals surface area contributed by atoms with E-state index in [1.807, 2.05) is 83.0 Å². The molecule has 66 heavy (non-hydrogen) atoms. The Hall–Kier alpha value is -7.31. The second-order valence-electron chi connectivity index (χ2n) is 15.1. The second-order valence-corrected chi connectivity index (χ2v) is 16.4. The molecule has 10 rings (SSSR count). The third-order valence-corrected chi connectivity index (χ3v) is 10.9. The Kier molecular flexibility index (Phi) is 14.5. The van der Waals surface area contributed by atoms with Gasteiger partial charge in [-0.3, -0.25) is 19.0 Å². The topological polar surface area (TPSA) is 240 Å². The highest BCUT2D eigenvalue weighted by atomic mass is 127. The number of aryl methyl sites for hydroxylation is 4. The van der Waals surface area contributed by atoms with E-state index in [0.29, 0.717) is 76.0 Å². The summed E-state index contributed by atoms with van der Waals surface area (Å²) < 4.78 is 20.0. The Bertz CT molecular complexity index is 2950. The molecule has 0 saturated heterocycles. The van der Waals surface area contributed by atoms with Gasteiger partial charge in [-0.1, -0.05) is 18.2 Å². The molecule has 22 heteroatoms. The van der Waals surface area contributed by atoms with E-state index in [-0.39, 0.29) is 11.8 Å². The monoisotopic (exact) mass is 1000 g/mol. The van der Waals surface area contributed by atoms with Gasteiger partial charge in [0.05, 0.1) is 30.5 Å². The third kappa shape index (κ3) is 11.3. The molecule has 0 saturated carbocycles. The highest BCUT2D eigenvalue weighted by Gasteiger charge is 2.20. The molecule has 0 spiro atoms. The molecular weight excluding hydrogens is 958 g/mol. The van der Waals surface area contributed by atoms with Crippen molar-refractivity contribution in [1.29, 1.82) is 0 Å². The van der Waals surface area contributed by atoms with Gasteiger partial charge in [0.2, 0.25) is 0 Å². The number of aromatic nitrogens is 12. The van der Waals surface area contributed by atoms with Crippen LogP contribution < -0.4 is 25.6 Å². The van der Waals surface area contributed by atoms with Crippen molar-refractivity contribution >= 4 is 58.6 Å². The summed E-state index contributed by atoms with van der Waals surface area (Å²) >= 11 is 2.18. The minimum absolute atomic E-state index is 0.248. The molecular formula is C44H44BIN14O6. The predicted molar refractivity (Wildman–Crippen MR) is 253 cm³/mol. The predicted octanol–water partition coefficient (Wildman–Crippen LogP) is 4.64. The summed E-state index contributed by atoms with van der Waals surface area (Å²) in [6.07, 6.45) is 13.5. The van der Waals surface area contributed by atoms with Crippen LogP contribution in [0.25, 0.3) is 34.2 Å². The molecule has 8 heterocycles. The molecule has 2 aliphatic rings. The number of ether oxygens (including phenoxy) is 2. The SMILES string of the molecule is Cn1cc(-c2ccc3c(c2)C(=O)Nc2cccc(n2)-c2nncn2CCCCO3)cn1.Cn1cc(B(O)O)cn1.O=C1Nc2cccc(n2)-c2nncn2CCCCOc2ccc(I)cc21. The standard InChI is InChI=1S/C22H21N7O2.C18H16IN5O2.C4H7BN2O2/c1-28-13-16(12-24-28)15-7-8-19-17(11-15)22(30)26-20-6-4-5-18(25-20)21-27-23-14-29(21)9-2-3-10-31-19;19-12-6-7-15-13(10-12)18(25)22-16-5-3-4-14(21-16)17-23-20-11-24(17)8-1-2-9-26-15;1-7-3-4(2-6-7)5(8)9/h4-8,11-14H,2-3,9-10H2,1H3,(H,25,26,30);3-7,10-11H,1-2,8-9H2,(H,21,22,25);2-3,8-9H,1H3. The van der Waals surface area contributed by atoms with Crippen LogP contribution in [-0.2, 0) is 27.2 Å². The van der Waals surface area contributed by atoms with E-state index in [4.69, 9.17) is 19.5 Å². The normalized spacial score (nSPS) is 13.6. The summed E-state index contributed by atoms with van der Waals surface area (Å²) in [5.41, 5.74) is 4.53. The van der Waals surface area contributed by atoms with Crippen LogP contribution in [0.3, 0.4) is 0 Å². The van der Waals surface area contributed by atoms with Crippen molar-refractivity contribution in [3.8, 4) is 45.7 Å². The summed E-state index contributed by atoms with van der Waals surface area (Å²) in [5, 5.41) is 47.2. The van der Waals surface area contributed by atoms with Crippen molar-refractivity contribution in [2.45, 2.75) is 38.8 Å². The molecule has 2 aliphatic heterocycles. The van der Waals surface area contributed by atoms with E-state index in [9.17, 15) is 9.59 Å². The zero-order valence-corrected chi connectivity index (χ0v) is 38.1. The molecule has 0 radical (unpaired) electrons. The first-order valence-electron chi connectivity index (χ1n) is 20.9. The fourth-order valence-electron chi connectivity index (χ4n) is 6.95. The van der Waals surface area contributed by atoms with Crippen LogP contribution in [0.2, 0.25) is 0 Å². The van der Waals surface area contributed by atoms with Crippen molar-refractivity contribution in [1.82, 2.24) is 59.1 Å². The Morgan fingerprint density at radius 2 is 1.20 bits per heavy atom. The van der Waals surface area contributed by atoms with Crippen molar-refractivity contribution in [2.75, 3.05) is 23.8 Å². The first-order valence-corrected chi connectivity index (χ1v) is 22.0. The van der Waals surface area contributed by atoms with Crippen molar-refractivity contribution in [3.63, 3.8) is 0 Å². The van der Waals surface area contributed by atoms with E-state index in [1.165, 1.54) is 10.9 Å². The van der Waals surface area contributed by atoms with E-state index >= 15 is 0 Å². The molecule has 0 fully saturated rings. The van der Waals surface area contributed by atoms with Gasteiger partial charge >= 0.3 is 7.12 Å². The number of carbonyl (C=O) groups is 2. The summed E-state index contributed by atoms with van der Waals surface area (Å²) in [5.74, 6) is 2.85. The molecule has 0 unspecified atom stereocenters. The first-order chi connectivity index (χ1) is 32.1. The molecule has 20 nitrogen and oxygen atoms in total. The number of hydrogen-bond acceptors (Lipinski definition) is 14. The van der Waals surface area contributed by atoms with Crippen LogP contribution in [-0.4, -0.2) is 101 Å². The van der Waals surface area contributed by atoms with Gasteiger partial charge in [0, 0.05) is 60.4 Å². The van der Waals surface area contributed by atoms with Gasteiger partial charge in [0.25, 0.3) is 11.8 Å². The van der Waals surface area contributed by atoms with Gasteiger partial charge in [0.1, 0.15) is 47.2 Å². The van der Waals surface area contributed by atoms with Crippen LogP contribution in [0.1, 0.15) is 46.4 Å². The third-order valence-electron chi connectivity index (χ3n) is 10.2. The number of hydrogen-bond donors (Lipinski definition) is 4. The molecule has 2 amide bonds. The lowest BCUT2D eigenvalue weighted by Crippen LogP contribution is -2.28. The van der Waals surface area contributed by atoms with Crippen LogP contribution in [0.4, 0.5) is 11.6 Å². The maximum atomic E-state index is 13.2. The largest absolute Gasteiger partial charge is 0.493 e. The van der Waals surface area contributed by atoms with Gasteiger partial charge < -0.3 is 39.3 Å². The number of benzene rings is 2. The number of pyridine rings is 2. The average Bonchev–Trinajstić information content (AvgIpc) is 4.16. The summed E-state index contributed by atoms with van der Waals surface area (Å²) in [6, 6.07) is 22.1. The van der Waals surface area contributed by atoms with E-state index in [0.717, 1.165) is 53.5 Å². The number of carbonyl (C=O) groups excluding carboxylic acids is 2. The molecule has 8 aromatic rings. The van der Waals surface area contributed by atoms with Crippen molar-refractivity contribution < 1.29 is 29.1 Å². The number of fused-ring (bicyclic) bond motifs is 10. The van der Waals surface area contributed by atoms with E-state index in [1.54, 1.807) is 48.9 Å². The Morgan fingerprint density at radius 3 is 1.71 bits per heavy atom. The van der Waals surface area contributed by atoms with Gasteiger partial charge in [-0.05, 0) is 108 Å². The van der Waals surface area contributed by atoms with E-state index < -0.39 is 7.12 Å². The average molecular weight is 1000 g/mol. The second kappa shape index (κ2) is 21.1. The highest BCUT2D eigenvalue weighted by molar-refractivity contribution is 14.1. The highest BCUT2D eigenvalue weighted by Crippen LogP contribution is 2.29. The summed E-state index contributed by atoms with van der Waals surface area (Å²) in [7, 11) is 2.17. The van der Waals surface area contributed by atoms with E-state index in [2.05, 4.69) is 73.8 Å². The van der Waals surface area contributed by atoms with Crippen LogP contribution in [0, 0.1) is 3.57 Å². The van der Waals surface area contributed by atoms with Crippen LogP contribution >= 0.6 is 22.6 Å². The molecule has 6 aromatic heterocycles. The lowest BCUT2D eigenvalue weighted by Gasteiger charge is -2.14. The first kappa shape index (κ1) is 45.3. The lowest BCUT2D eigenvalue weighted by molar-refractivity contribution is 0.101. The Balaban J connectivity index is 0.000000153. The zero-order valence-electron chi connectivity index (χ0n) is 35.9. The zero-order chi connectivity index (χ0) is 46.0. The molecule has 0 atom stereocenters. The van der Waals surface area contributed by atoms with Gasteiger partial charge in [0.15, 0.2) is 11.6 Å². The van der Waals surface area contributed by atoms with Gasteiger partial charge in [-0.2, -0.15) is 10.2 Å². The van der Waals surface area contributed by atoms with Gasteiger partial charge in [-0.15, -0.1) is 20.4 Å². The lowest BCUT2D eigenvalue weighted by atomic mass is 9.83. The number of halogens is 1. The Morgan fingerprint density at radius 1 is 0.652 bits per heavy atom. The minimum Gasteiger partial charge on any atom is -0.493 e. The summed E-state index contributed by atoms with van der Waals surface area (Å²) in [6.45, 7) is 2.59. The van der Waals surface area contributed by atoms with Crippen LogP contribution in [0.15, 0.2) is 110 Å². The molecule has 0 aliphatic carbocycles. The fourth-order valence-corrected chi connectivity index (χ4v) is 7.44. The molecule has 336 valence electrons. The summed E-state index contributed by atoms with van der Waals surface area (Å²) in [4.78, 5) is 35.0. The van der Waals surface area contributed by atoms with Gasteiger partial charge in [-0.25, -0.2) is 9.97 Å². The molecule has 2 aromatic carbocycles. The quantitative estimate of drug-likeness (QED) is 0.136. The number of anilines is 2. The number of nitrogens with zero attached hydrogens (tertiary/aromatic N) is 12. The Labute approximate surface area is 392 Å². The maximum absolute atomic E-state index is 13.2. The number of nitrogens with one attached hydrogen (secondary N) is 2. The smallest absolute Gasteiger partial charge is 0.491 e. The van der Waals surface area contributed by atoms with Crippen molar-refractivity contribution in [3.05, 3.63) is 125 Å². The number of rotatable bonds is 2. The number of amides is 2.